The smallest absolute Gasteiger partial charge is 0.253 e. The lowest BCUT2D eigenvalue weighted by molar-refractivity contribution is 0.0935. The van der Waals surface area contributed by atoms with Gasteiger partial charge in [-0.1, -0.05) is 58.2 Å². The van der Waals surface area contributed by atoms with Crippen LogP contribution in [0.4, 0.5) is 0 Å². The molecule has 0 saturated heterocycles. The number of benzene rings is 1. The fourth-order valence-electron chi connectivity index (χ4n) is 2.62. The molecule has 0 fully saturated rings. The van der Waals surface area contributed by atoms with E-state index in [-0.39, 0.29) is 11.3 Å². The van der Waals surface area contributed by atoms with Crippen molar-refractivity contribution in [2.45, 2.75) is 46.5 Å². The molecule has 0 atom stereocenters. The van der Waals surface area contributed by atoms with Crippen molar-refractivity contribution in [3.63, 3.8) is 0 Å². The molecule has 1 aromatic carbocycles. The van der Waals surface area contributed by atoms with Crippen LogP contribution in [0.15, 0.2) is 30.5 Å². The Morgan fingerprint density at radius 1 is 1.24 bits per heavy atom. The summed E-state index contributed by atoms with van der Waals surface area (Å²) in [5.74, 6) is 0.0102. The molecule has 0 spiro atoms. The molecule has 2 rings (SSSR count). The summed E-state index contributed by atoms with van der Waals surface area (Å²) in [6, 6.07) is 7.90. The van der Waals surface area contributed by atoms with Crippen LogP contribution in [0, 0.1) is 5.41 Å². The monoisotopic (exact) mass is 286 g/mol. The van der Waals surface area contributed by atoms with Crippen molar-refractivity contribution in [2.75, 3.05) is 6.54 Å². The molecule has 1 aromatic heterocycles. The Kier molecular flexibility index (Phi) is 5.05. The fourth-order valence-corrected chi connectivity index (χ4v) is 2.62. The van der Waals surface area contributed by atoms with Gasteiger partial charge in [-0.25, -0.2) is 0 Å². The zero-order valence-electron chi connectivity index (χ0n) is 13.3. The molecule has 114 valence electrons. The summed E-state index contributed by atoms with van der Waals surface area (Å²) in [5.41, 5.74) is 1.89. The van der Waals surface area contributed by atoms with Crippen LogP contribution < -0.4 is 5.32 Å². The molecule has 3 heteroatoms. The molecule has 0 radical (unpaired) electrons. The quantitative estimate of drug-likeness (QED) is 0.723. The van der Waals surface area contributed by atoms with Crippen molar-refractivity contribution in [1.29, 1.82) is 0 Å². The molecule has 0 aliphatic rings. The summed E-state index contributed by atoms with van der Waals surface area (Å²) >= 11 is 0. The minimum Gasteiger partial charge on any atom is -0.360 e. The molecule has 0 aliphatic carbocycles. The average molecular weight is 286 g/mol. The van der Waals surface area contributed by atoms with Gasteiger partial charge in [0.15, 0.2) is 0 Å². The second-order valence-electron chi connectivity index (χ2n) is 6.55. The number of fused-ring (bicyclic) bond motifs is 1. The summed E-state index contributed by atoms with van der Waals surface area (Å²) < 4.78 is 0. The van der Waals surface area contributed by atoms with Gasteiger partial charge in [0.25, 0.3) is 5.91 Å². The molecule has 3 nitrogen and oxygen atoms in total. The van der Waals surface area contributed by atoms with Gasteiger partial charge in [0.1, 0.15) is 0 Å². The maximum Gasteiger partial charge on any atom is 0.253 e. The van der Waals surface area contributed by atoms with Gasteiger partial charge in [0, 0.05) is 23.6 Å². The van der Waals surface area contributed by atoms with Crippen molar-refractivity contribution in [1.82, 2.24) is 10.3 Å². The maximum atomic E-state index is 12.4. The van der Waals surface area contributed by atoms with Crippen LogP contribution in [-0.2, 0) is 0 Å². The Morgan fingerprint density at radius 3 is 2.76 bits per heavy atom. The predicted octanol–water partition coefficient (Wildman–Crippen LogP) is 4.50. The lowest BCUT2D eigenvalue weighted by atomic mass is 9.87. The summed E-state index contributed by atoms with van der Waals surface area (Å²) in [5, 5.41) is 4.07. The van der Waals surface area contributed by atoms with Gasteiger partial charge in [-0.3, -0.25) is 4.79 Å². The van der Waals surface area contributed by atoms with Crippen LogP contribution in [0.3, 0.4) is 0 Å². The number of amides is 1. The van der Waals surface area contributed by atoms with Crippen molar-refractivity contribution >= 4 is 16.8 Å². The van der Waals surface area contributed by atoms with Gasteiger partial charge in [0.05, 0.1) is 5.56 Å². The third-order valence-electron chi connectivity index (χ3n) is 4.02. The van der Waals surface area contributed by atoms with Gasteiger partial charge in [-0.2, -0.15) is 0 Å². The standard InChI is InChI=1S/C18H26N2O/c1-4-5-8-11-18(2,3)13-20-17(21)15-12-19-16-10-7-6-9-14(15)16/h6-7,9-10,12,19H,4-5,8,11,13H2,1-3H3,(H,20,21). The number of hydrogen-bond donors (Lipinski definition) is 2. The van der Waals surface area contributed by atoms with E-state index in [0.717, 1.165) is 29.4 Å². The molecule has 2 aromatic rings. The van der Waals surface area contributed by atoms with E-state index in [0.29, 0.717) is 0 Å². The van der Waals surface area contributed by atoms with E-state index >= 15 is 0 Å². The molecular weight excluding hydrogens is 260 g/mol. The van der Waals surface area contributed by atoms with Crippen LogP contribution in [0.2, 0.25) is 0 Å². The van der Waals surface area contributed by atoms with Crippen LogP contribution in [0.5, 0.6) is 0 Å². The van der Waals surface area contributed by atoms with Crippen LogP contribution in [0.1, 0.15) is 56.8 Å². The number of aromatic nitrogens is 1. The lowest BCUT2D eigenvalue weighted by Gasteiger charge is -2.24. The molecule has 0 bridgehead atoms. The second kappa shape index (κ2) is 6.79. The maximum absolute atomic E-state index is 12.4. The average Bonchev–Trinajstić information content (AvgIpc) is 2.89. The Labute approximate surface area is 127 Å². The van der Waals surface area contributed by atoms with Crippen molar-refractivity contribution in [2.24, 2.45) is 5.41 Å². The molecule has 0 unspecified atom stereocenters. The molecule has 0 saturated carbocycles. The number of carbonyl (C=O) groups excluding carboxylic acids is 1. The molecule has 2 N–H and O–H groups in total. The largest absolute Gasteiger partial charge is 0.360 e. The van der Waals surface area contributed by atoms with Gasteiger partial charge in [-0.05, 0) is 17.9 Å². The molecule has 21 heavy (non-hydrogen) atoms. The highest BCUT2D eigenvalue weighted by Crippen LogP contribution is 2.23. The van der Waals surface area contributed by atoms with Gasteiger partial charge in [-0.15, -0.1) is 0 Å². The fraction of sp³-hybridized carbons (Fsp3) is 0.500. The minimum absolute atomic E-state index is 0.0102. The Hall–Kier alpha value is -1.77. The lowest BCUT2D eigenvalue weighted by Crippen LogP contribution is -2.33. The zero-order valence-corrected chi connectivity index (χ0v) is 13.3. The summed E-state index contributed by atoms with van der Waals surface area (Å²) in [4.78, 5) is 15.5. The molecular formula is C18H26N2O. The number of aromatic amines is 1. The van der Waals surface area contributed by atoms with E-state index < -0.39 is 0 Å². The number of carbonyl (C=O) groups is 1. The number of H-pyrrole nitrogens is 1. The van der Waals surface area contributed by atoms with Crippen molar-refractivity contribution < 1.29 is 4.79 Å². The molecule has 1 amide bonds. The van der Waals surface area contributed by atoms with Crippen molar-refractivity contribution in [3.05, 3.63) is 36.0 Å². The normalized spacial score (nSPS) is 11.8. The topological polar surface area (TPSA) is 44.9 Å². The number of nitrogens with one attached hydrogen (secondary N) is 2. The van der Waals surface area contributed by atoms with Gasteiger partial charge >= 0.3 is 0 Å². The van der Waals surface area contributed by atoms with Crippen LogP contribution in [-0.4, -0.2) is 17.4 Å². The third-order valence-corrected chi connectivity index (χ3v) is 4.02. The summed E-state index contributed by atoms with van der Waals surface area (Å²) in [6.07, 6.45) is 6.67. The van der Waals surface area contributed by atoms with E-state index in [1.807, 2.05) is 24.3 Å². The van der Waals surface area contributed by atoms with Crippen LogP contribution in [0.25, 0.3) is 10.9 Å². The first-order valence-corrected chi connectivity index (χ1v) is 7.88. The van der Waals surface area contributed by atoms with E-state index in [9.17, 15) is 4.79 Å². The molecule has 1 heterocycles. The van der Waals surface area contributed by atoms with Gasteiger partial charge < -0.3 is 10.3 Å². The zero-order chi connectivity index (χ0) is 15.3. The van der Waals surface area contributed by atoms with E-state index in [4.69, 9.17) is 0 Å². The number of rotatable bonds is 7. The predicted molar refractivity (Wildman–Crippen MR) is 88.6 cm³/mol. The van der Waals surface area contributed by atoms with Crippen LogP contribution >= 0.6 is 0 Å². The molecule has 0 aliphatic heterocycles. The van der Waals surface area contributed by atoms with Gasteiger partial charge in [0.2, 0.25) is 0 Å². The van der Waals surface area contributed by atoms with E-state index in [1.165, 1.54) is 19.3 Å². The first-order valence-electron chi connectivity index (χ1n) is 7.88. The summed E-state index contributed by atoms with van der Waals surface area (Å²) in [6.45, 7) is 7.37. The van der Waals surface area contributed by atoms with E-state index in [2.05, 4.69) is 31.1 Å². The van der Waals surface area contributed by atoms with Crippen molar-refractivity contribution in [3.8, 4) is 0 Å². The number of unbranched alkanes of at least 4 members (excludes halogenated alkanes) is 2. The SMILES string of the molecule is CCCCCC(C)(C)CNC(=O)c1c[nH]c2ccccc12. The first-order chi connectivity index (χ1) is 10.0. The first kappa shape index (κ1) is 15.6. The Morgan fingerprint density at radius 2 is 2.00 bits per heavy atom. The highest BCUT2D eigenvalue weighted by molar-refractivity contribution is 6.06. The summed E-state index contributed by atoms with van der Waals surface area (Å²) in [7, 11) is 0. The Balaban J connectivity index is 1.95. The Bertz CT molecular complexity index is 598. The second-order valence-corrected chi connectivity index (χ2v) is 6.55. The highest BCUT2D eigenvalue weighted by atomic mass is 16.1. The van der Waals surface area contributed by atoms with E-state index in [1.54, 1.807) is 6.20 Å². The third kappa shape index (κ3) is 4.10. The number of para-hydroxylation sites is 1. The minimum atomic E-state index is 0.0102. The number of hydrogen-bond acceptors (Lipinski definition) is 1. The highest BCUT2D eigenvalue weighted by Gasteiger charge is 2.19.